The number of hydrogen-bond donors (Lipinski definition) is 0. The van der Waals surface area contributed by atoms with Crippen LogP contribution in [0.15, 0.2) is 11.6 Å². The smallest absolute Gasteiger partial charge is 0.159 e. The zero-order chi connectivity index (χ0) is 13.5. The second-order valence-electron chi connectivity index (χ2n) is 6.53. The van der Waals surface area contributed by atoms with Gasteiger partial charge in [-0.05, 0) is 43.1 Å². The van der Waals surface area contributed by atoms with Crippen molar-refractivity contribution in [2.75, 3.05) is 0 Å². The zero-order valence-corrected chi connectivity index (χ0v) is 11.9. The molecule has 0 aliphatic heterocycles. The summed E-state index contributed by atoms with van der Waals surface area (Å²) < 4.78 is 0. The molecule has 0 aromatic carbocycles. The number of hydrogen-bond acceptors (Lipinski definition) is 2. The summed E-state index contributed by atoms with van der Waals surface area (Å²) in [7, 11) is 0. The standard InChI is InChI=1S/C16H23NO/c1-10(2)13-6-5-12(4)16(14(13)9-17)7-11(3)15(18)8-16/h7,10,12-14H,5-6,8H2,1-4H3/t12-,13+,14-,16?/m1/s1. The third-order valence-electron chi connectivity index (χ3n) is 5.24. The molecule has 2 aliphatic rings. The van der Waals surface area contributed by atoms with Crippen LogP contribution in [0.5, 0.6) is 0 Å². The van der Waals surface area contributed by atoms with Gasteiger partial charge in [0.15, 0.2) is 5.78 Å². The Bertz CT molecular complexity index is 429. The number of carbonyl (C=O) groups excluding carboxylic acids is 1. The summed E-state index contributed by atoms with van der Waals surface area (Å²) in [5.41, 5.74) is 0.690. The Balaban J connectivity index is 2.43. The van der Waals surface area contributed by atoms with Gasteiger partial charge in [-0.15, -0.1) is 0 Å². The molecule has 0 radical (unpaired) electrons. The molecule has 2 aliphatic carbocycles. The van der Waals surface area contributed by atoms with Crippen LogP contribution in [0.3, 0.4) is 0 Å². The summed E-state index contributed by atoms with van der Waals surface area (Å²) in [4.78, 5) is 12.0. The van der Waals surface area contributed by atoms with Crippen molar-refractivity contribution in [3.05, 3.63) is 11.6 Å². The Morgan fingerprint density at radius 1 is 1.44 bits per heavy atom. The van der Waals surface area contributed by atoms with E-state index in [4.69, 9.17) is 0 Å². The molecule has 98 valence electrons. The van der Waals surface area contributed by atoms with Gasteiger partial charge >= 0.3 is 0 Å². The maximum atomic E-state index is 12.0. The Hall–Kier alpha value is -1.10. The molecule has 2 nitrogen and oxygen atoms in total. The topological polar surface area (TPSA) is 40.9 Å². The van der Waals surface area contributed by atoms with Crippen molar-refractivity contribution in [2.45, 2.75) is 47.0 Å². The molecule has 0 aromatic rings. The van der Waals surface area contributed by atoms with Gasteiger partial charge in [-0.25, -0.2) is 0 Å². The van der Waals surface area contributed by atoms with Crippen molar-refractivity contribution in [2.24, 2.45) is 29.1 Å². The highest BCUT2D eigenvalue weighted by Gasteiger charge is 2.52. The Labute approximate surface area is 110 Å². The van der Waals surface area contributed by atoms with E-state index in [9.17, 15) is 10.1 Å². The van der Waals surface area contributed by atoms with Crippen molar-refractivity contribution in [1.29, 1.82) is 5.26 Å². The van der Waals surface area contributed by atoms with Gasteiger partial charge in [0.2, 0.25) is 0 Å². The molecule has 0 amide bonds. The SMILES string of the molecule is CC1=CC2(CC1=O)[C@H](C)CC[C@@H](C(C)C)[C@H]2C#N. The lowest BCUT2D eigenvalue weighted by molar-refractivity contribution is -0.117. The van der Waals surface area contributed by atoms with E-state index in [1.54, 1.807) is 0 Å². The molecule has 1 fully saturated rings. The Morgan fingerprint density at radius 2 is 2.11 bits per heavy atom. The lowest BCUT2D eigenvalue weighted by atomic mass is 9.55. The average Bonchev–Trinajstić information content (AvgIpc) is 2.59. The highest BCUT2D eigenvalue weighted by Crippen LogP contribution is 2.56. The number of Topliss-reactive ketones (excluding diaryl/α,β-unsaturated/α-hetero) is 1. The van der Waals surface area contributed by atoms with Gasteiger partial charge in [-0.1, -0.05) is 26.8 Å². The minimum absolute atomic E-state index is 0.00245. The molecule has 1 spiro atoms. The van der Waals surface area contributed by atoms with E-state index >= 15 is 0 Å². The zero-order valence-electron chi connectivity index (χ0n) is 11.9. The highest BCUT2D eigenvalue weighted by molar-refractivity contribution is 5.98. The summed E-state index contributed by atoms with van der Waals surface area (Å²) >= 11 is 0. The summed E-state index contributed by atoms with van der Waals surface area (Å²) in [5.74, 6) is 1.64. The first-order valence-corrected chi connectivity index (χ1v) is 7.04. The largest absolute Gasteiger partial charge is 0.295 e. The molecular weight excluding hydrogens is 222 g/mol. The lowest BCUT2D eigenvalue weighted by Gasteiger charge is -2.47. The van der Waals surface area contributed by atoms with E-state index in [0.29, 0.717) is 24.2 Å². The van der Waals surface area contributed by atoms with Gasteiger partial charge < -0.3 is 0 Å². The van der Waals surface area contributed by atoms with Crippen molar-refractivity contribution in [3.8, 4) is 6.07 Å². The molecule has 0 heterocycles. The van der Waals surface area contributed by atoms with E-state index in [1.807, 2.05) is 6.92 Å². The Kier molecular flexibility index (Phi) is 3.36. The van der Waals surface area contributed by atoms with Crippen LogP contribution in [0.2, 0.25) is 0 Å². The third-order valence-corrected chi connectivity index (χ3v) is 5.24. The van der Waals surface area contributed by atoms with Crippen LogP contribution in [-0.4, -0.2) is 5.78 Å². The summed E-state index contributed by atoms with van der Waals surface area (Å²) in [6.45, 7) is 8.51. The molecule has 2 rings (SSSR count). The van der Waals surface area contributed by atoms with Crippen LogP contribution in [0.4, 0.5) is 0 Å². The van der Waals surface area contributed by atoms with Crippen LogP contribution >= 0.6 is 0 Å². The third kappa shape index (κ3) is 1.81. The second-order valence-corrected chi connectivity index (χ2v) is 6.53. The molecule has 0 N–H and O–H groups in total. The molecule has 2 heteroatoms. The van der Waals surface area contributed by atoms with Gasteiger partial charge in [-0.2, -0.15) is 5.26 Å². The summed E-state index contributed by atoms with van der Waals surface area (Å²) in [6.07, 6.45) is 4.95. The van der Waals surface area contributed by atoms with Crippen LogP contribution in [-0.2, 0) is 4.79 Å². The maximum absolute atomic E-state index is 12.0. The van der Waals surface area contributed by atoms with E-state index < -0.39 is 0 Å². The van der Waals surface area contributed by atoms with Crippen molar-refractivity contribution >= 4 is 5.78 Å². The van der Waals surface area contributed by atoms with Crippen molar-refractivity contribution < 1.29 is 4.79 Å². The second kappa shape index (κ2) is 4.53. The molecule has 0 saturated heterocycles. The number of nitriles is 1. The van der Waals surface area contributed by atoms with E-state index in [1.165, 1.54) is 0 Å². The first-order chi connectivity index (χ1) is 8.42. The number of ketones is 1. The molecular formula is C16H23NO. The minimum atomic E-state index is -0.177. The van der Waals surface area contributed by atoms with E-state index in [0.717, 1.165) is 18.4 Å². The average molecular weight is 245 g/mol. The first-order valence-electron chi connectivity index (χ1n) is 7.04. The molecule has 4 atom stereocenters. The number of carbonyl (C=O) groups is 1. The maximum Gasteiger partial charge on any atom is 0.159 e. The van der Waals surface area contributed by atoms with E-state index in [-0.39, 0.29) is 17.1 Å². The minimum Gasteiger partial charge on any atom is -0.295 e. The summed E-state index contributed by atoms with van der Waals surface area (Å²) in [5, 5.41) is 9.64. The fourth-order valence-electron chi connectivity index (χ4n) is 3.99. The van der Waals surface area contributed by atoms with Crippen LogP contribution < -0.4 is 0 Å². The van der Waals surface area contributed by atoms with E-state index in [2.05, 4.69) is 32.9 Å². The molecule has 0 bridgehead atoms. The molecule has 0 aromatic heterocycles. The quantitative estimate of drug-likeness (QED) is 0.706. The predicted octanol–water partition coefficient (Wildman–Crippen LogP) is 3.73. The van der Waals surface area contributed by atoms with Crippen LogP contribution in [0, 0.1) is 40.4 Å². The fourth-order valence-corrected chi connectivity index (χ4v) is 3.99. The fraction of sp³-hybridized carbons (Fsp3) is 0.750. The molecule has 18 heavy (non-hydrogen) atoms. The monoisotopic (exact) mass is 245 g/mol. The number of nitrogens with zero attached hydrogens (tertiary/aromatic N) is 1. The van der Waals surface area contributed by atoms with Crippen molar-refractivity contribution in [1.82, 2.24) is 0 Å². The molecule has 1 saturated carbocycles. The number of rotatable bonds is 1. The highest BCUT2D eigenvalue weighted by atomic mass is 16.1. The Morgan fingerprint density at radius 3 is 2.56 bits per heavy atom. The first kappa shape index (κ1) is 13.3. The van der Waals surface area contributed by atoms with Gasteiger partial charge in [0, 0.05) is 11.8 Å². The summed E-state index contributed by atoms with van der Waals surface area (Å²) in [6, 6.07) is 2.54. The van der Waals surface area contributed by atoms with Crippen LogP contribution in [0.1, 0.15) is 47.0 Å². The molecule has 1 unspecified atom stereocenters. The van der Waals surface area contributed by atoms with Gasteiger partial charge in [0.05, 0.1) is 12.0 Å². The predicted molar refractivity (Wildman–Crippen MR) is 71.6 cm³/mol. The van der Waals surface area contributed by atoms with Gasteiger partial charge in [0.1, 0.15) is 0 Å². The lowest BCUT2D eigenvalue weighted by Crippen LogP contribution is -2.43. The number of allylic oxidation sites excluding steroid dienone is 2. The normalized spacial score (nSPS) is 40.1. The van der Waals surface area contributed by atoms with Crippen LogP contribution in [0.25, 0.3) is 0 Å². The van der Waals surface area contributed by atoms with Crippen molar-refractivity contribution in [3.63, 3.8) is 0 Å². The van der Waals surface area contributed by atoms with Gasteiger partial charge in [0.25, 0.3) is 0 Å². The van der Waals surface area contributed by atoms with Gasteiger partial charge in [-0.3, -0.25) is 4.79 Å².